The van der Waals surface area contributed by atoms with Gasteiger partial charge in [0.2, 0.25) is 0 Å². The van der Waals surface area contributed by atoms with Crippen LogP contribution >= 0.6 is 11.8 Å². The van der Waals surface area contributed by atoms with Crippen molar-refractivity contribution in [3.8, 4) is 22.3 Å². The smallest absolute Gasteiger partial charge is 0.0346 e. The van der Waals surface area contributed by atoms with Gasteiger partial charge >= 0.3 is 0 Å². The van der Waals surface area contributed by atoms with E-state index in [1.807, 2.05) is 24.5 Å². The number of hydrogen-bond donors (Lipinski definition) is 0. The average Bonchev–Trinajstić information content (AvgIpc) is 2.70. The fourth-order valence-electron chi connectivity index (χ4n) is 2.75. The molecular weight excluding hydrogens is 324 g/mol. The Bertz CT molecular complexity index is 888. The van der Waals surface area contributed by atoms with Gasteiger partial charge in [0.05, 0.1) is 0 Å². The normalized spacial score (nSPS) is 10.6. The Morgan fingerprint density at radius 3 is 1.44 bits per heavy atom. The monoisotopic (exact) mass is 340 g/mol. The van der Waals surface area contributed by atoms with E-state index in [2.05, 4.69) is 70.6 Å². The molecule has 0 unspecified atom stereocenters. The van der Waals surface area contributed by atoms with Crippen LogP contribution in [0, 0.1) is 0 Å². The molecule has 0 saturated heterocycles. The molecule has 4 aromatic rings. The van der Waals surface area contributed by atoms with E-state index < -0.39 is 0 Å². The zero-order valence-electron chi connectivity index (χ0n) is 13.5. The highest BCUT2D eigenvalue weighted by Gasteiger charge is 2.10. The predicted molar refractivity (Wildman–Crippen MR) is 103 cm³/mol. The molecule has 0 amide bonds. The van der Waals surface area contributed by atoms with Crippen molar-refractivity contribution < 1.29 is 0 Å². The van der Waals surface area contributed by atoms with E-state index in [0.29, 0.717) is 0 Å². The average molecular weight is 340 g/mol. The van der Waals surface area contributed by atoms with Crippen molar-refractivity contribution in [3.05, 3.63) is 97.6 Å². The van der Waals surface area contributed by atoms with Gasteiger partial charge in [-0.15, -0.1) is 0 Å². The van der Waals surface area contributed by atoms with Crippen molar-refractivity contribution in [1.29, 1.82) is 0 Å². The van der Waals surface area contributed by atoms with Crippen molar-refractivity contribution >= 4 is 11.8 Å². The van der Waals surface area contributed by atoms with Crippen LogP contribution in [0.2, 0.25) is 0 Å². The van der Waals surface area contributed by atoms with Crippen LogP contribution in [0.15, 0.2) is 107 Å². The second kappa shape index (κ2) is 7.32. The maximum Gasteiger partial charge on any atom is 0.0346 e. The summed E-state index contributed by atoms with van der Waals surface area (Å²) in [7, 11) is 0. The summed E-state index contributed by atoms with van der Waals surface area (Å²) in [6.45, 7) is 0. The second-order valence-electron chi connectivity index (χ2n) is 5.58. The first kappa shape index (κ1) is 15.6. The predicted octanol–water partition coefficient (Wildman–Crippen LogP) is 5.96. The minimum Gasteiger partial charge on any atom is -0.264 e. The van der Waals surface area contributed by atoms with Gasteiger partial charge in [-0.05, 0) is 35.4 Å². The van der Waals surface area contributed by atoms with E-state index in [1.165, 1.54) is 20.9 Å². The van der Waals surface area contributed by atoms with Gasteiger partial charge in [-0.2, -0.15) is 0 Å². The van der Waals surface area contributed by atoms with Crippen molar-refractivity contribution in [2.75, 3.05) is 0 Å². The third kappa shape index (κ3) is 3.47. The highest BCUT2D eigenvalue weighted by molar-refractivity contribution is 7.99. The number of nitrogens with zero attached hydrogens (tertiary/aromatic N) is 2. The molecule has 0 aliphatic rings. The largest absolute Gasteiger partial charge is 0.264 e. The van der Waals surface area contributed by atoms with Crippen LogP contribution in [0.3, 0.4) is 0 Å². The first-order valence-electron chi connectivity index (χ1n) is 8.08. The lowest BCUT2D eigenvalue weighted by molar-refractivity contribution is 1.30. The summed E-state index contributed by atoms with van der Waals surface area (Å²) < 4.78 is 0. The van der Waals surface area contributed by atoms with E-state index in [4.69, 9.17) is 0 Å². The standard InChI is InChI=1S/C22H16N2S/c1-3-11-21(19(9-1)17-7-5-13-23-15-17)25-22-12-4-2-10-20(22)18-8-6-14-24-16-18/h1-16H. The lowest BCUT2D eigenvalue weighted by Gasteiger charge is -2.12. The first-order chi connectivity index (χ1) is 12.4. The maximum atomic E-state index is 4.26. The fraction of sp³-hybridized carbons (Fsp3) is 0. The van der Waals surface area contributed by atoms with Crippen LogP contribution in [-0.2, 0) is 0 Å². The molecule has 0 bridgehead atoms. The van der Waals surface area contributed by atoms with Gasteiger partial charge in [-0.1, -0.05) is 60.3 Å². The summed E-state index contributed by atoms with van der Waals surface area (Å²) in [6.07, 6.45) is 7.42. The topological polar surface area (TPSA) is 25.8 Å². The minimum atomic E-state index is 1.13. The molecule has 0 N–H and O–H groups in total. The second-order valence-corrected chi connectivity index (χ2v) is 6.66. The van der Waals surface area contributed by atoms with Crippen molar-refractivity contribution in [1.82, 2.24) is 9.97 Å². The first-order valence-corrected chi connectivity index (χ1v) is 8.90. The molecule has 0 aliphatic carbocycles. The Kier molecular flexibility index (Phi) is 4.57. The molecule has 3 heteroatoms. The summed E-state index contributed by atoms with van der Waals surface area (Å²) in [6, 6.07) is 25.0. The maximum absolute atomic E-state index is 4.26. The molecule has 2 aromatic heterocycles. The third-order valence-corrected chi connectivity index (χ3v) is 5.09. The molecule has 120 valence electrons. The Labute approximate surface area is 151 Å². The molecule has 0 atom stereocenters. The number of hydrogen-bond acceptors (Lipinski definition) is 3. The van der Waals surface area contributed by atoms with Gasteiger partial charge in [0.1, 0.15) is 0 Å². The van der Waals surface area contributed by atoms with E-state index in [1.54, 1.807) is 24.2 Å². The van der Waals surface area contributed by atoms with E-state index in [0.717, 1.165) is 11.1 Å². The minimum absolute atomic E-state index is 1.13. The van der Waals surface area contributed by atoms with Crippen LogP contribution in [0.5, 0.6) is 0 Å². The molecular formula is C22H16N2S. The zero-order valence-corrected chi connectivity index (χ0v) is 14.4. The lowest BCUT2D eigenvalue weighted by Crippen LogP contribution is -1.86. The molecule has 0 aliphatic heterocycles. The van der Waals surface area contributed by atoms with Crippen LogP contribution in [0.25, 0.3) is 22.3 Å². The Balaban J connectivity index is 1.76. The number of rotatable bonds is 4. The number of benzene rings is 2. The van der Waals surface area contributed by atoms with E-state index in [9.17, 15) is 0 Å². The molecule has 2 nitrogen and oxygen atoms in total. The Morgan fingerprint density at radius 2 is 1.00 bits per heavy atom. The molecule has 0 spiro atoms. The third-order valence-electron chi connectivity index (χ3n) is 3.94. The van der Waals surface area contributed by atoms with Gasteiger partial charge in [-0.25, -0.2) is 0 Å². The van der Waals surface area contributed by atoms with Crippen LogP contribution < -0.4 is 0 Å². The lowest BCUT2D eigenvalue weighted by atomic mass is 10.1. The zero-order chi connectivity index (χ0) is 16.9. The van der Waals surface area contributed by atoms with Gasteiger partial charge in [0.25, 0.3) is 0 Å². The number of aromatic nitrogens is 2. The SMILES string of the molecule is c1cncc(-c2ccccc2Sc2ccccc2-c2cccnc2)c1. The molecule has 2 aromatic carbocycles. The van der Waals surface area contributed by atoms with Crippen LogP contribution in [0.4, 0.5) is 0 Å². The molecule has 0 fully saturated rings. The van der Waals surface area contributed by atoms with Crippen molar-refractivity contribution in [2.45, 2.75) is 9.79 Å². The highest BCUT2D eigenvalue weighted by atomic mass is 32.2. The summed E-state index contributed by atoms with van der Waals surface area (Å²) in [5.74, 6) is 0. The van der Waals surface area contributed by atoms with E-state index in [-0.39, 0.29) is 0 Å². The van der Waals surface area contributed by atoms with Gasteiger partial charge < -0.3 is 0 Å². The molecule has 0 radical (unpaired) electrons. The summed E-state index contributed by atoms with van der Waals surface area (Å²) >= 11 is 1.77. The molecule has 25 heavy (non-hydrogen) atoms. The van der Waals surface area contributed by atoms with Gasteiger partial charge in [-0.3, -0.25) is 9.97 Å². The quantitative estimate of drug-likeness (QED) is 0.458. The Hall–Kier alpha value is -2.91. The summed E-state index contributed by atoms with van der Waals surface area (Å²) in [5.41, 5.74) is 4.65. The summed E-state index contributed by atoms with van der Waals surface area (Å²) in [5, 5.41) is 0. The molecule has 0 saturated carbocycles. The Morgan fingerprint density at radius 1 is 0.520 bits per heavy atom. The van der Waals surface area contributed by atoms with Gasteiger partial charge in [0.15, 0.2) is 0 Å². The summed E-state index contributed by atoms with van der Waals surface area (Å²) in [4.78, 5) is 10.9. The van der Waals surface area contributed by atoms with E-state index >= 15 is 0 Å². The van der Waals surface area contributed by atoms with Gasteiger partial charge in [0, 0.05) is 45.7 Å². The number of pyridine rings is 2. The van der Waals surface area contributed by atoms with Crippen molar-refractivity contribution in [3.63, 3.8) is 0 Å². The highest BCUT2D eigenvalue weighted by Crippen LogP contribution is 2.39. The fourth-order valence-corrected chi connectivity index (χ4v) is 3.87. The molecule has 4 rings (SSSR count). The molecule has 2 heterocycles. The van der Waals surface area contributed by atoms with Crippen LogP contribution in [0.1, 0.15) is 0 Å². The van der Waals surface area contributed by atoms with Crippen molar-refractivity contribution in [2.24, 2.45) is 0 Å². The van der Waals surface area contributed by atoms with Crippen LogP contribution in [-0.4, -0.2) is 9.97 Å².